The molecular weight excluding hydrogens is 673 g/mol. The number of anilines is 4. The molecule has 0 unspecified atom stereocenters. The van der Waals surface area contributed by atoms with Crippen LogP contribution in [0.5, 0.6) is 0 Å². The summed E-state index contributed by atoms with van der Waals surface area (Å²) in [6, 6.07) is 54.9. The molecule has 0 bridgehead atoms. The fraction of sp³-hybridized carbons (Fsp3) is 0. The van der Waals surface area contributed by atoms with E-state index in [1.54, 1.807) is 24.3 Å². The number of hydrogen-bond donors (Lipinski definition) is 2. The van der Waals surface area contributed by atoms with Crippen LogP contribution in [0.25, 0.3) is 65.2 Å². The van der Waals surface area contributed by atoms with Gasteiger partial charge in [-0.05, 0) is 71.4 Å². The number of fused-ring (bicyclic) bond motifs is 8. The van der Waals surface area contributed by atoms with Gasteiger partial charge in [0.2, 0.25) is 9.84 Å². The Labute approximate surface area is 305 Å². The summed E-state index contributed by atoms with van der Waals surface area (Å²) in [5.74, 6) is 0. The summed E-state index contributed by atoms with van der Waals surface area (Å²) in [5.41, 5.74) is 7.01. The second-order valence-electron chi connectivity index (χ2n) is 13.2. The van der Waals surface area contributed by atoms with E-state index in [-0.39, 0.29) is 9.79 Å². The maximum absolute atomic E-state index is 13.9. The van der Waals surface area contributed by atoms with Crippen LogP contribution < -0.4 is 10.6 Å². The number of nitrogens with one attached hydrogen (secondary N) is 2. The Kier molecular flexibility index (Phi) is 7.09. The van der Waals surface area contributed by atoms with E-state index in [9.17, 15) is 8.42 Å². The standard InChI is InChI=1S/C46H30N4O2S/c51-53(52,33-23-19-31(20-24-33)47-45-37-13-5-7-15-41(37)49-43-35-11-3-1-9-29(35)17-27-39(43)45)34-25-21-32(22-26-34)48-46-38-14-6-8-16-42(38)50-44-36-12-4-2-10-30(36)18-28-40(44)46/h1-28H,(H,47,49)(H,48,50). The monoisotopic (exact) mass is 702 g/mol. The van der Waals surface area contributed by atoms with E-state index in [2.05, 4.69) is 71.3 Å². The molecule has 0 aliphatic heterocycles. The molecule has 252 valence electrons. The van der Waals surface area contributed by atoms with Gasteiger partial charge >= 0.3 is 0 Å². The molecule has 0 aliphatic carbocycles. The second kappa shape index (κ2) is 12.1. The molecule has 10 rings (SSSR count). The van der Waals surface area contributed by atoms with Crippen molar-refractivity contribution in [1.82, 2.24) is 9.97 Å². The van der Waals surface area contributed by atoms with Gasteiger partial charge in [0.15, 0.2) is 0 Å². The van der Waals surface area contributed by atoms with Gasteiger partial charge in [-0.2, -0.15) is 0 Å². The van der Waals surface area contributed by atoms with Crippen LogP contribution in [0, 0.1) is 0 Å². The van der Waals surface area contributed by atoms with Gasteiger partial charge in [0.1, 0.15) is 0 Å². The van der Waals surface area contributed by atoms with Crippen molar-refractivity contribution in [3.05, 3.63) is 170 Å². The largest absolute Gasteiger partial charge is 0.354 e. The first-order valence-electron chi connectivity index (χ1n) is 17.4. The lowest BCUT2D eigenvalue weighted by Crippen LogP contribution is -2.03. The zero-order valence-electron chi connectivity index (χ0n) is 28.3. The number of nitrogens with zero attached hydrogens (tertiary/aromatic N) is 2. The van der Waals surface area contributed by atoms with E-state index in [1.807, 2.05) is 84.9 Å². The Morgan fingerprint density at radius 1 is 0.358 bits per heavy atom. The highest BCUT2D eigenvalue weighted by Crippen LogP contribution is 2.38. The van der Waals surface area contributed by atoms with E-state index < -0.39 is 9.84 Å². The molecule has 0 spiro atoms. The average Bonchev–Trinajstić information content (AvgIpc) is 3.21. The lowest BCUT2D eigenvalue weighted by Gasteiger charge is -2.15. The number of sulfone groups is 1. The van der Waals surface area contributed by atoms with Crippen LogP contribution in [0.4, 0.5) is 22.7 Å². The molecule has 0 atom stereocenters. The van der Waals surface area contributed by atoms with Gasteiger partial charge in [-0.15, -0.1) is 0 Å². The van der Waals surface area contributed by atoms with E-state index in [0.29, 0.717) is 0 Å². The normalized spacial score (nSPS) is 11.9. The van der Waals surface area contributed by atoms with Crippen LogP contribution >= 0.6 is 0 Å². The maximum Gasteiger partial charge on any atom is 0.206 e. The minimum Gasteiger partial charge on any atom is -0.354 e. The Hall–Kier alpha value is -6.83. The van der Waals surface area contributed by atoms with Crippen molar-refractivity contribution in [2.45, 2.75) is 9.79 Å². The molecule has 0 amide bonds. The number of pyridine rings is 2. The Morgan fingerprint density at radius 2 is 0.736 bits per heavy atom. The molecular formula is C46H30N4O2S. The lowest BCUT2D eigenvalue weighted by atomic mass is 10.0. The van der Waals surface area contributed by atoms with Crippen LogP contribution in [-0.4, -0.2) is 18.4 Å². The van der Waals surface area contributed by atoms with Gasteiger partial charge in [-0.25, -0.2) is 18.4 Å². The summed E-state index contributed by atoms with van der Waals surface area (Å²) in [7, 11) is -3.78. The van der Waals surface area contributed by atoms with Gasteiger partial charge in [-0.1, -0.05) is 109 Å². The molecule has 10 aromatic rings. The number of para-hydroxylation sites is 2. The van der Waals surface area contributed by atoms with Gasteiger partial charge in [-0.3, -0.25) is 0 Å². The average molecular weight is 703 g/mol. The molecule has 7 heteroatoms. The molecule has 2 N–H and O–H groups in total. The van der Waals surface area contributed by atoms with Crippen molar-refractivity contribution in [3.63, 3.8) is 0 Å². The summed E-state index contributed by atoms with van der Waals surface area (Å²) in [4.78, 5) is 10.5. The van der Waals surface area contributed by atoms with Crippen LogP contribution in [0.15, 0.2) is 180 Å². The second-order valence-corrected chi connectivity index (χ2v) is 15.1. The highest BCUT2D eigenvalue weighted by atomic mass is 32.2. The molecule has 53 heavy (non-hydrogen) atoms. The fourth-order valence-electron chi connectivity index (χ4n) is 7.38. The third-order valence-electron chi connectivity index (χ3n) is 10.0. The topological polar surface area (TPSA) is 84.0 Å². The summed E-state index contributed by atoms with van der Waals surface area (Å²) in [6.07, 6.45) is 0. The van der Waals surface area contributed by atoms with Crippen LogP contribution in [0.2, 0.25) is 0 Å². The lowest BCUT2D eigenvalue weighted by molar-refractivity contribution is 0.596. The van der Waals surface area contributed by atoms with Crippen LogP contribution in [0.1, 0.15) is 0 Å². The molecule has 0 saturated heterocycles. The molecule has 0 radical (unpaired) electrons. The Morgan fingerprint density at radius 3 is 1.17 bits per heavy atom. The Bertz CT molecular complexity index is 2970. The minimum absolute atomic E-state index is 0.220. The van der Waals surface area contributed by atoms with Gasteiger partial charge in [0.05, 0.1) is 43.2 Å². The highest BCUT2D eigenvalue weighted by molar-refractivity contribution is 7.91. The number of benzene rings is 8. The van der Waals surface area contributed by atoms with Gasteiger partial charge in [0, 0.05) is 43.7 Å². The Balaban J connectivity index is 0.963. The van der Waals surface area contributed by atoms with Crippen LogP contribution in [0.3, 0.4) is 0 Å². The first-order chi connectivity index (χ1) is 26.0. The van der Waals surface area contributed by atoms with Crippen molar-refractivity contribution in [2.75, 3.05) is 10.6 Å². The van der Waals surface area contributed by atoms with Crippen molar-refractivity contribution in [3.8, 4) is 0 Å². The summed E-state index contributed by atoms with van der Waals surface area (Å²) in [6.45, 7) is 0. The maximum atomic E-state index is 13.9. The molecule has 2 aromatic heterocycles. The molecule has 6 nitrogen and oxygen atoms in total. The van der Waals surface area contributed by atoms with Crippen molar-refractivity contribution < 1.29 is 8.42 Å². The molecule has 0 saturated carbocycles. The first-order valence-corrected chi connectivity index (χ1v) is 18.9. The molecule has 2 heterocycles. The number of aromatic nitrogens is 2. The predicted molar refractivity (Wildman–Crippen MR) is 218 cm³/mol. The van der Waals surface area contributed by atoms with E-state index >= 15 is 0 Å². The molecule has 0 aliphatic rings. The van der Waals surface area contributed by atoms with Crippen molar-refractivity contribution in [1.29, 1.82) is 0 Å². The third kappa shape index (κ3) is 5.21. The van der Waals surface area contributed by atoms with E-state index in [1.165, 1.54) is 0 Å². The molecule has 0 fully saturated rings. The number of rotatable bonds is 6. The third-order valence-corrected chi connectivity index (χ3v) is 11.8. The summed E-state index contributed by atoms with van der Waals surface area (Å²) >= 11 is 0. The predicted octanol–water partition coefficient (Wildman–Crippen LogP) is 11.7. The van der Waals surface area contributed by atoms with Crippen LogP contribution in [-0.2, 0) is 9.84 Å². The smallest absolute Gasteiger partial charge is 0.206 e. The molecule has 8 aromatic carbocycles. The van der Waals surface area contributed by atoms with Gasteiger partial charge < -0.3 is 10.6 Å². The zero-order chi connectivity index (χ0) is 35.5. The summed E-state index contributed by atoms with van der Waals surface area (Å²) < 4.78 is 27.7. The first kappa shape index (κ1) is 30.9. The minimum atomic E-state index is -3.78. The fourth-order valence-corrected chi connectivity index (χ4v) is 8.64. The SMILES string of the molecule is O=S(=O)(c1ccc(Nc2c3ccccc3nc3c2ccc2ccccc23)cc1)c1ccc(Nc2c3ccccc3nc3c2ccc2ccccc23)cc1. The van der Waals surface area contributed by atoms with E-state index in [0.717, 1.165) is 87.9 Å². The van der Waals surface area contributed by atoms with E-state index in [4.69, 9.17) is 9.97 Å². The highest BCUT2D eigenvalue weighted by Gasteiger charge is 2.19. The zero-order valence-corrected chi connectivity index (χ0v) is 29.1. The quantitative estimate of drug-likeness (QED) is 0.133. The van der Waals surface area contributed by atoms with Crippen molar-refractivity contribution in [2.24, 2.45) is 0 Å². The van der Waals surface area contributed by atoms with Gasteiger partial charge in [0.25, 0.3) is 0 Å². The van der Waals surface area contributed by atoms with Crippen molar-refractivity contribution >= 4 is 97.7 Å². The summed E-state index contributed by atoms with van der Waals surface area (Å²) in [5, 5.41) is 15.6. The number of hydrogen-bond acceptors (Lipinski definition) is 6.